The number of carboxylic acids is 1. The van der Waals surface area contributed by atoms with Crippen LogP contribution in [-0.2, 0) is 12.8 Å². The molecule has 1 aromatic heterocycles. The zero-order valence-electron chi connectivity index (χ0n) is 10.5. The second-order valence-electron chi connectivity index (χ2n) is 4.22. The SMILES string of the molecule is Cc1nc(Cc2cccc(C(=O)O)c2)c(CCBr)s1. The monoisotopic (exact) mass is 339 g/mol. The molecule has 0 atom stereocenters. The van der Waals surface area contributed by atoms with Crippen LogP contribution in [0.5, 0.6) is 0 Å². The Morgan fingerprint density at radius 1 is 1.47 bits per heavy atom. The lowest BCUT2D eigenvalue weighted by Crippen LogP contribution is -1.99. The zero-order chi connectivity index (χ0) is 13.8. The Morgan fingerprint density at radius 3 is 2.95 bits per heavy atom. The molecule has 0 amide bonds. The van der Waals surface area contributed by atoms with Gasteiger partial charge in [0.15, 0.2) is 0 Å². The van der Waals surface area contributed by atoms with Crippen LogP contribution in [0.3, 0.4) is 0 Å². The van der Waals surface area contributed by atoms with Crippen molar-refractivity contribution >= 4 is 33.2 Å². The van der Waals surface area contributed by atoms with Crippen LogP contribution in [0.4, 0.5) is 0 Å². The largest absolute Gasteiger partial charge is 0.478 e. The summed E-state index contributed by atoms with van der Waals surface area (Å²) in [6.45, 7) is 2.00. The van der Waals surface area contributed by atoms with Crippen LogP contribution in [0.1, 0.15) is 31.5 Å². The standard InChI is InChI=1S/C14H14BrNO2S/c1-9-16-12(13(19-9)5-6-15)8-10-3-2-4-11(7-10)14(17)18/h2-4,7H,5-6,8H2,1H3,(H,17,18). The van der Waals surface area contributed by atoms with Gasteiger partial charge in [0.05, 0.1) is 16.3 Å². The van der Waals surface area contributed by atoms with Gasteiger partial charge in [0.25, 0.3) is 0 Å². The van der Waals surface area contributed by atoms with E-state index in [9.17, 15) is 4.79 Å². The third-order valence-corrected chi connectivity index (χ3v) is 4.22. The van der Waals surface area contributed by atoms with Crippen molar-refractivity contribution in [2.45, 2.75) is 19.8 Å². The second kappa shape index (κ2) is 6.30. The topological polar surface area (TPSA) is 50.2 Å². The van der Waals surface area contributed by atoms with Gasteiger partial charge in [-0.15, -0.1) is 11.3 Å². The number of aromatic carboxylic acids is 1. The molecule has 0 unspecified atom stereocenters. The lowest BCUT2D eigenvalue weighted by molar-refractivity contribution is 0.0697. The maximum atomic E-state index is 11.0. The highest BCUT2D eigenvalue weighted by molar-refractivity contribution is 9.09. The van der Waals surface area contributed by atoms with E-state index in [-0.39, 0.29) is 0 Å². The maximum absolute atomic E-state index is 11.0. The zero-order valence-corrected chi connectivity index (χ0v) is 12.9. The Balaban J connectivity index is 2.25. The van der Waals surface area contributed by atoms with Gasteiger partial charge < -0.3 is 5.11 Å². The van der Waals surface area contributed by atoms with Gasteiger partial charge in [0, 0.05) is 16.6 Å². The third kappa shape index (κ3) is 3.64. The van der Waals surface area contributed by atoms with Gasteiger partial charge in [-0.2, -0.15) is 0 Å². The van der Waals surface area contributed by atoms with Crippen molar-refractivity contribution in [2.24, 2.45) is 0 Å². The molecule has 0 aliphatic carbocycles. The molecule has 19 heavy (non-hydrogen) atoms. The quantitative estimate of drug-likeness (QED) is 0.845. The number of benzene rings is 1. The van der Waals surface area contributed by atoms with Crippen LogP contribution in [0, 0.1) is 6.92 Å². The molecule has 0 aliphatic rings. The van der Waals surface area contributed by atoms with Crippen molar-refractivity contribution < 1.29 is 9.90 Å². The number of carbonyl (C=O) groups is 1. The summed E-state index contributed by atoms with van der Waals surface area (Å²) in [5.41, 5.74) is 2.37. The molecule has 5 heteroatoms. The van der Waals surface area contributed by atoms with Crippen LogP contribution < -0.4 is 0 Å². The van der Waals surface area contributed by atoms with E-state index >= 15 is 0 Å². The van der Waals surface area contributed by atoms with Gasteiger partial charge in [-0.3, -0.25) is 0 Å². The number of thiazole rings is 1. The normalized spacial score (nSPS) is 10.6. The van der Waals surface area contributed by atoms with Crippen LogP contribution in [0.25, 0.3) is 0 Å². The molecule has 0 radical (unpaired) electrons. The minimum atomic E-state index is -0.892. The summed E-state index contributed by atoms with van der Waals surface area (Å²) >= 11 is 5.16. The Morgan fingerprint density at radius 2 is 2.26 bits per heavy atom. The molecule has 0 spiro atoms. The number of halogens is 1. The highest BCUT2D eigenvalue weighted by Gasteiger charge is 2.10. The van der Waals surface area contributed by atoms with Crippen molar-refractivity contribution in [3.8, 4) is 0 Å². The molecular formula is C14H14BrNO2S. The van der Waals surface area contributed by atoms with Crippen molar-refractivity contribution in [2.75, 3.05) is 5.33 Å². The predicted octanol–water partition coefficient (Wildman–Crippen LogP) is 3.68. The lowest BCUT2D eigenvalue weighted by Gasteiger charge is -2.03. The van der Waals surface area contributed by atoms with Gasteiger partial charge in [-0.25, -0.2) is 9.78 Å². The fourth-order valence-electron chi connectivity index (χ4n) is 1.94. The highest BCUT2D eigenvalue weighted by atomic mass is 79.9. The molecule has 100 valence electrons. The molecule has 1 aromatic carbocycles. The first-order valence-electron chi connectivity index (χ1n) is 5.93. The number of hydrogen-bond acceptors (Lipinski definition) is 3. The van der Waals surface area contributed by atoms with Gasteiger partial charge in [0.1, 0.15) is 0 Å². The molecular weight excluding hydrogens is 326 g/mol. The van der Waals surface area contributed by atoms with E-state index < -0.39 is 5.97 Å². The summed E-state index contributed by atoms with van der Waals surface area (Å²) in [4.78, 5) is 16.8. The Kier molecular flexibility index (Phi) is 4.71. The summed E-state index contributed by atoms with van der Waals surface area (Å²) in [6, 6.07) is 7.05. The summed E-state index contributed by atoms with van der Waals surface area (Å²) in [7, 11) is 0. The number of rotatable bonds is 5. The van der Waals surface area contributed by atoms with Crippen molar-refractivity contribution in [3.05, 3.63) is 51.0 Å². The van der Waals surface area contributed by atoms with E-state index in [0.717, 1.165) is 28.0 Å². The summed E-state index contributed by atoms with van der Waals surface area (Å²) in [6.07, 6.45) is 1.65. The summed E-state index contributed by atoms with van der Waals surface area (Å²) in [5, 5.41) is 11.0. The van der Waals surface area contributed by atoms with Crippen LogP contribution in [0.15, 0.2) is 24.3 Å². The first kappa shape index (κ1) is 14.2. The van der Waals surface area contributed by atoms with E-state index in [0.29, 0.717) is 12.0 Å². The number of nitrogens with zero attached hydrogens (tertiary/aromatic N) is 1. The number of aryl methyl sites for hydroxylation is 2. The van der Waals surface area contributed by atoms with E-state index in [1.54, 1.807) is 29.5 Å². The highest BCUT2D eigenvalue weighted by Crippen LogP contribution is 2.22. The van der Waals surface area contributed by atoms with Crippen LogP contribution >= 0.6 is 27.3 Å². The molecule has 0 aliphatic heterocycles. The molecule has 1 heterocycles. The van der Waals surface area contributed by atoms with Gasteiger partial charge in [0.2, 0.25) is 0 Å². The average molecular weight is 340 g/mol. The Hall–Kier alpha value is -1.20. The molecule has 0 bridgehead atoms. The Labute approximate surface area is 124 Å². The number of alkyl halides is 1. The second-order valence-corrected chi connectivity index (χ2v) is 6.30. The molecule has 0 fully saturated rings. The fourth-order valence-corrected chi connectivity index (χ4v) is 3.55. The molecule has 1 N–H and O–H groups in total. The number of carboxylic acid groups (broad SMARTS) is 1. The molecule has 0 saturated carbocycles. The number of aromatic nitrogens is 1. The smallest absolute Gasteiger partial charge is 0.335 e. The fraction of sp³-hybridized carbons (Fsp3) is 0.286. The minimum absolute atomic E-state index is 0.325. The van der Waals surface area contributed by atoms with Gasteiger partial charge >= 0.3 is 5.97 Å². The van der Waals surface area contributed by atoms with Crippen LogP contribution in [-0.4, -0.2) is 21.4 Å². The van der Waals surface area contributed by atoms with Gasteiger partial charge in [-0.1, -0.05) is 28.1 Å². The average Bonchev–Trinajstić information content (AvgIpc) is 2.70. The first-order valence-corrected chi connectivity index (χ1v) is 7.87. The van der Waals surface area contributed by atoms with Crippen LogP contribution in [0.2, 0.25) is 0 Å². The van der Waals surface area contributed by atoms with Gasteiger partial charge in [-0.05, 0) is 31.0 Å². The summed E-state index contributed by atoms with van der Waals surface area (Å²) < 4.78 is 0. The minimum Gasteiger partial charge on any atom is -0.478 e. The van der Waals surface area contributed by atoms with Crippen molar-refractivity contribution in [1.29, 1.82) is 0 Å². The summed E-state index contributed by atoms with van der Waals surface area (Å²) in [5.74, 6) is -0.892. The van der Waals surface area contributed by atoms with Crippen molar-refractivity contribution in [3.63, 3.8) is 0 Å². The number of hydrogen-bond donors (Lipinski definition) is 1. The van der Waals surface area contributed by atoms with E-state index in [4.69, 9.17) is 5.11 Å². The maximum Gasteiger partial charge on any atom is 0.335 e. The van der Waals surface area contributed by atoms with Crippen molar-refractivity contribution in [1.82, 2.24) is 4.98 Å². The molecule has 3 nitrogen and oxygen atoms in total. The molecule has 2 aromatic rings. The molecule has 2 rings (SSSR count). The Bertz CT molecular complexity index is 595. The van der Waals surface area contributed by atoms with E-state index in [1.807, 2.05) is 13.0 Å². The lowest BCUT2D eigenvalue weighted by atomic mass is 10.1. The third-order valence-electron chi connectivity index (χ3n) is 2.75. The van der Waals surface area contributed by atoms with E-state index in [1.165, 1.54) is 4.88 Å². The predicted molar refractivity (Wildman–Crippen MR) is 80.6 cm³/mol. The van der Waals surface area contributed by atoms with E-state index in [2.05, 4.69) is 20.9 Å². The first-order chi connectivity index (χ1) is 9.10. The molecule has 0 saturated heterocycles.